The van der Waals surface area contributed by atoms with Crippen molar-refractivity contribution in [1.29, 1.82) is 0 Å². The normalized spacial score (nSPS) is 16.9. The van der Waals surface area contributed by atoms with Crippen LogP contribution in [0.5, 0.6) is 11.5 Å². The van der Waals surface area contributed by atoms with E-state index in [1.807, 2.05) is 0 Å². The van der Waals surface area contributed by atoms with E-state index in [0.29, 0.717) is 39.6 Å². The summed E-state index contributed by atoms with van der Waals surface area (Å²) < 4.78 is 45.4. The van der Waals surface area contributed by atoms with Crippen molar-refractivity contribution >= 4 is 55.1 Å². The van der Waals surface area contributed by atoms with E-state index in [2.05, 4.69) is 4.99 Å². The highest BCUT2D eigenvalue weighted by Gasteiger charge is 2.39. The lowest BCUT2D eigenvalue weighted by Gasteiger charge is -2.21. The number of rotatable bonds is 7. The fourth-order valence-electron chi connectivity index (χ4n) is 4.01. The molecule has 1 aliphatic rings. The standard InChI is InChI=1S/C23H24ClN3O7S2/c1-32-18-11-17-20(12-19(18)33-2)35-23(26(17)13-21(28)34-3)25-22(29)16-5-4-10-27(16)36(30,31)15-8-6-14(24)7-9-15/h6-9,11-12,16H,4-5,10,13H2,1-3H3. The lowest BCUT2D eigenvalue weighted by molar-refractivity contribution is -0.141. The highest BCUT2D eigenvalue weighted by atomic mass is 35.5. The molecule has 0 spiro atoms. The minimum atomic E-state index is -3.93. The molecule has 1 aromatic heterocycles. The van der Waals surface area contributed by atoms with E-state index >= 15 is 0 Å². The molecule has 0 bridgehead atoms. The highest BCUT2D eigenvalue weighted by Crippen LogP contribution is 2.33. The summed E-state index contributed by atoms with van der Waals surface area (Å²) in [5.74, 6) is -0.235. The molecular formula is C23H24ClN3O7S2. The largest absolute Gasteiger partial charge is 0.493 e. The predicted molar refractivity (Wildman–Crippen MR) is 134 cm³/mol. The molecule has 0 N–H and O–H groups in total. The van der Waals surface area contributed by atoms with Gasteiger partial charge in [0.15, 0.2) is 16.3 Å². The molecule has 1 atom stereocenters. The number of nitrogens with zero attached hydrogens (tertiary/aromatic N) is 3. The number of hydrogen-bond acceptors (Lipinski definition) is 8. The summed E-state index contributed by atoms with van der Waals surface area (Å²) in [5, 5.41) is 0.409. The molecule has 1 unspecified atom stereocenters. The number of carbonyl (C=O) groups is 2. The minimum absolute atomic E-state index is 0.0495. The Kier molecular flexibility index (Phi) is 7.69. The Morgan fingerprint density at radius 3 is 2.42 bits per heavy atom. The maximum Gasteiger partial charge on any atom is 0.325 e. The van der Waals surface area contributed by atoms with Gasteiger partial charge in [0.05, 0.1) is 36.4 Å². The van der Waals surface area contributed by atoms with Crippen molar-refractivity contribution in [2.75, 3.05) is 27.9 Å². The molecule has 0 aliphatic carbocycles. The number of amides is 1. The molecule has 3 aromatic rings. The molecule has 1 saturated heterocycles. The molecule has 0 saturated carbocycles. The second kappa shape index (κ2) is 10.6. The number of ether oxygens (including phenoxy) is 3. The zero-order chi connectivity index (χ0) is 26.0. The molecule has 0 radical (unpaired) electrons. The summed E-state index contributed by atoms with van der Waals surface area (Å²) in [6.45, 7) is -0.00455. The molecule has 1 aliphatic heterocycles. The van der Waals surface area contributed by atoms with Crippen LogP contribution in [-0.4, -0.2) is 63.1 Å². The Hall–Kier alpha value is -2.93. The van der Waals surface area contributed by atoms with Gasteiger partial charge in [-0.2, -0.15) is 9.30 Å². The van der Waals surface area contributed by atoms with Crippen molar-refractivity contribution < 1.29 is 32.2 Å². The molecule has 10 nitrogen and oxygen atoms in total. The van der Waals surface area contributed by atoms with Gasteiger partial charge in [-0.3, -0.25) is 9.59 Å². The van der Waals surface area contributed by atoms with Gasteiger partial charge >= 0.3 is 5.97 Å². The van der Waals surface area contributed by atoms with Crippen molar-refractivity contribution in [3.05, 3.63) is 46.2 Å². The summed E-state index contributed by atoms with van der Waals surface area (Å²) >= 11 is 7.06. The summed E-state index contributed by atoms with van der Waals surface area (Å²) in [5.41, 5.74) is 0.590. The SMILES string of the molecule is COC(=O)Cn1c(=NC(=O)C2CCCN2S(=O)(=O)c2ccc(Cl)cc2)sc2cc(OC)c(OC)cc21. The fraction of sp³-hybridized carbons (Fsp3) is 0.348. The molecule has 4 rings (SSSR count). The first kappa shape index (κ1) is 26.1. The first-order valence-corrected chi connectivity index (χ1v) is 13.5. The number of benzene rings is 2. The number of halogens is 1. The number of thiazole rings is 1. The van der Waals surface area contributed by atoms with Crippen LogP contribution in [-0.2, 0) is 30.9 Å². The summed E-state index contributed by atoms with van der Waals surface area (Å²) in [7, 11) is 0.326. The van der Waals surface area contributed by atoms with E-state index in [4.69, 9.17) is 25.8 Å². The van der Waals surface area contributed by atoms with Crippen LogP contribution in [0.2, 0.25) is 5.02 Å². The van der Waals surface area contributed by atoms with Gasteiger partial charge in [0.2, 0.25) is 10.0 Å². The van der Waals surface area contributed by atoms with Gasteiger partial charge in [-0.15, -0.1) is 0 Å². The van der Waals surface area contributed by atoms with Gasteiger partial charge < -0.3 is 18.8 Å². The van der Waals surface area contributed by atoms with Crippen molar-refractivity contribution in [2.45, 2.75) is 30.3 Å². The molecule has 1 amide bonds. The van der Waals surface area contributed by atoms with E-state index < -0.39 is 27.9 Å². The number of fused-ring (bicyclic) bond motifs is 1. The zero-order valence-electron chi connectivity index (χ0n) is 19.8. The molecule has 13 heteroatoms. The third kappa shape index (κ3) is 4.99. The lowest BCUT2D eigenvalue weighted by atomic mass is 10.2. The maximum absolute atomic E-state index is 13.3. The Morgan fingerprint density at radius 2 is 1.78 bits per heavy atom. The third-order valence-corrected chi connectivity index (χ3v) is 9.03. The van der Waals surface area contributed by atoms with Gasteiger partial charge in [-0.1, -0.05) is 22.9 Å². The Balaban J connectivity index is 1.77. The number of methoxy groups -OCH3 is 3. The van der Waals surface area contributed by atoms with Gasteiger partial charge in [0.1, 0.15) is 12.6 Å². The number of sulfonamides is 1. The third-order valence-electron chi connectivity index (χ3n) is 5.82. The van der Waals surface area contributed by atoms with Crippen molar-refractivity contribution in [3.63, 3.8) is 0 Å². The Labute approximate surface area is 216 Å². The van der Waals surface area contributed by atoms with E-state index in [9.17, 15) is 18.0 Å². The van der Waals surface area contributed by atoms with E-state index in [1.54, 1.807) is 16.7 Å². The van der Waals surface area contributed by atoms with Crippen LogP contribution in [0.4, 0.5) is 0 Å². The molecule has 36 heavy (non-hydrogen) atoms. The van der Waals surface area contributed by atoms with Crippen LogP contribution >= 0.6 is 22.9 Å². The molecule has 2 aromatic carbocycles. The summed E-state index contributed by atoms with van der Waals surface area (Å²) in [4.78, 5) is 30.0. The van der Waals surface area contributed by atoms with Crippen molar-refractivity contribution in [2.24, 2.45) is 4.99 Å². The Bertz CT molecular complexity index is 1480. The van der Waals surface area contributed by atoms with Crippen LogP contribution in [0.1, 0.15) is 12.8 Å². The number of esters is 1. The van der Waals surface area contributed by atoms with E-state index in [-0.39, 0.29) is 22.8 Å². The topological polar surface area (TPSA) is 116 Å². The van der Waals surface area contributed by atoms with Crippen molar-refractivity contribution in [3.8, 4) is 11.5 Å². The molecule has 2 heterocycles. The van der Waals surface area contributed by atoms with E-state index in [1.165, 1.54) is 61.2 Å². The van der Waals surface area contributed by atoms with Crippen LogP contribution in [0, 0.1) is 0 Å². The average Bonchev–Trinajstić information content (AvgIpc) is 3.49. The van der Waals surface area contributed by atoms with E-state index in [0.717, 1.165) is 0 Å². The summed E-state index contributed by atoms with van der Waals surface area (Å²) in [6.07, 6.45) is 0.848. The summed E-state index contributed by atoms with van der Waals surface area (Å²) in [6, 6.07) is 8.24. The van der Waals surface area contributed by atoms with Gasteiger partial charge in [0.25, 0.3) is 5.91 Å². The molecule has 1 fully saturated rings. The second-order valence-corrected chi connectivity index (χ2v) is 11.2. The smallest absolute Gasteiger partial charge is 0.325 e. The lowest BCUT2D eigenvalue weighted by Crippen LogP contribution is -2.40. The first-order chi connectivity index (χ1) is 17.2. The quantitative estimate of drug-likeness (QED) is 0.413. The monoisotopic (exact) mass is 553 g/mol. The van der Waals surface area contributed by atoms with Crippen molar-refractivity contribution in [1.82, 2.24) is 8.87 Å². The van der Waals surface area contributed by atoms with Crippen LogP contribution < -0.4 is 14.3 Å². The number of hydrogen-bond donors (Lipinski definition) is 0. The van der Waals surface area contributed by atoms with Gasteiger partial charge in [0, 0.05) is 23.7 Å². The first-order valence-electron chi connectivity index (χ1n) is 10.9. The number of carbonyl (C=O) groups excluding carboxylic acids is 2. The van der Waals surface area contributed by atoms with Crippen LogP contribution in [0.3, 0.4) is 0 Å². The predicted octanol–water partition coefficient (Wildman–Crippen LogP) is 2.83. The maximum atomic E-state index is 13.3. The zero-order valence-corrected chi connectivity index (χ0v) is 22.2. The fourth-order valence-corrected chi connectivity index (χ4v) is 6.84. The number of aromatic nitrogens is 1. The molecular weight excluding hydrogens is 530 g/mol. The van der Waals surface area contributed by atoms with Crippen LogP contribution in [0.15, 0.2) is 46.3 Å². The molecule has 192 valence electrons. The second-order valence-electron chi connectivity index (χ2n) is 7.90. The minimum Gasteiger partial charge on any atom is -0.493 e. The van der Waals surface area contributed by atoms with Crippen LogP contribution in [0.25, 0.3) is 10.2 Å². The average molecular weight is 554 g/mol. The van der Waals surface area contributed by atoms with Gasteiger partial charge in [-0.25, -0.2) is 8.42 Å². The highest BCUT2D eigenvalue weighted by molar-refractivity contribution is 7.89. The van der Waals surface area contributed by atoms with Gasteiger partial charge in [-0.05, 0) is 37.1 Å². The Morgan fingerprint density at radius 1 is 1.11 bits per heavy atom.